The van der Waals surface area contributed by atoms with E-state index in [1.165, 1.54) is 6.20 Å². The van der Waals surface area contributed by atoms with Gasteiger partial charge in [-0.15, -0.1) is 0 Å². The second kappa shape index (κ2) is 6.95. The Bertz CT molecular complexity index is 629. The van der Waals surface area contributed by atoms with Crippen LogP contribution in [-0.2, 0) is 6.54 Å². The van der Waals surface area contributed by atoms with Crippen LogP contribution in [0.3, 0.4) is 0 Å². The minimum absolute atomic E-state index is 0.220. The molecule has 2 N–H and O–H groups in total. The number of methoxy groups -OCH3 is 1. The Balaban J connectivity index is 1.99. The Morgan fingerprint density at radius 1 is 1.33 bits per heavy atom. The maximum atomic E-state index is 12.0. The van der Waals surface area contributed by atoms with Crippen molar-refractivity contribution in [3.63, 3.8) is 0 Å². The fraction of sp³-hybridized carbons (Fsp3) is 0.200. The van der Waals surface area contributed by atoms with Crippen molar-refractivity contribution in [2.24, 2.45) is 0 Å². The molecule has 110 valence electrons. The Kier molecular flexibility index (Phi) is 5.00. The van der Waals surface area contributed by atoms with Gasteiger partial charge in [0.05, 0.1) is 17.7 Å². The molecular weight excluding hydrogens is 290 g/mol. The maximum absolute atomic E-state index is 12.0. The van der Waals surface area contributed by atoms with Crippen LogP contribution < -0.4 is 15.4 Å². The van der Waals surface area contributed by atoms with Crippen molar-refractivity contribution in [1.82, 2.24) is 10.3 Å². The number of aromatic nitrogens is 1. The Hall–Kier alpha value is -2.27. The molecule has 21 heavy (non-hydrogen) atoms. The summed E-state index contributed by atoms with van der Waals surface area (Å²) in [5.41, 5.74) is 1.41. The smallest absolute Gasteiger partial charge is 0.253 e. The fourth-order valence-corrected chi connectivity index (χ4v) is 2.03. The predicted molar refractivity (Wildman–Crippen MR) is 83.0 cm³/mol. The van der Waals surface area contributed by atoms with Gasteiger partial charge in [-0.1, -0.05) is 23.7 Å². The highest BCUT2D eigenvalue weighted by Crippen LogP contribution is 2.19. The third-order valence-corrected chi connectivity index (χ3v) is 3.24. The van der Waals surface area contributed by atoms with Crippen LogP contribution in [0.1, 0.15) is 15.9 Å². The number of rotatable bonds is 5. The van der Waals surface area contributed by atoms with Gasteiger partial charge in [-0.25, -0.2) is 4.98 Å². The van der Waals surface area contributed by atoms with Gasteiger partial charge in [0.25, 0.3) is 5.91 Å². The van der Waals surface area contributed by atoms with E-state index < -0.39 is 0 Å². The van der Waals surface area contributed by atoms with Gasteiger partial charge < -0.3 is 15.4 Å². The van der Waals surface area contributed by atoms with Gasteiger partial charge in [0.1, 0.15) is 11.6 Å². The topological polar surface area (TPSA) is 63.2 Å². The second-order valence-corrected chi connectivity index (χ2v) is 4.74. The van der Waals surface area contributed by atoms with Crippen molar-refractivity contribution >= 4 is 23.3 Å². The minimum atomic E-state index is -0.220. The normalized spacial score (nSPS) is 10.0. The standard InChI is InChI=1S/C15H16ClN3O2/c1-17-14-13(16)7-11(9-18-14)15(20)19-8-10-3-5-12(21-2)6-4-10/h3-7,9H,8H2,1-2H3,(H,17,18)(H,19,20). The van der Waals surface area contributed by atoms with E-state index in [-0.39, 0.29) is 5.91 Å². The van der Waals surface area contributed by atoms with Crippen LogP contribution in [0.2, 0.25) is 5.02 Å². The van der Waals surface area contributed by atoms with E-state index in [2.05, 4.69) is 15.6 Å². The number of nitrogens with zero attached hydrogens (tertiary/aromatic N) is 1. The molecule has 1 aromatic carbocycles. The van der Waals surface area contributed by atoms with Crippen LogP contribution in [-0.4, -0.2) is 25.0 Å². The Morgan fingerprint density at radius 2 is 2.05 bits per heavy atom. The molecular formula is C15H16ClN3O2. The van der Waals surface area contributed by atoms with Gasteiger partial charge in [0.15, 0.2) is 0 Å². The zero-order chi connectivity index (χ0) is 15.2. The molecule has 0 saturated carbocycles. The largest absolute Gasteiger partial charge is 0.497 e. The minimum Gasteiger partial charge on any atom is -0.497 e. The molecule has 1 heterocycles. The van der Waals surface area contributed by atoms with E-state index in [1.54, 1.807) is 20.2 Å². The summed E-state index contributed by atoms with van der Waals surface area (Å²) in [7, 11) is 3.33. The molecule has 1 amide bonds. The molecule has 0 saturated heterocycles. The van der Waals surface area contributed by atoms with Gasteiger partial charge >= 0.3 is 0 Å². The van der Waals surface area contributed by atoms with Crippen LogP contribution in [0.15, 0.2) is 36.5 Å². The third-order valence-electron chi connectivity index (χ3n) is 2.95. The Morgan fingerprint density at radius 3 is 2.62 bits per heavy atom. The molecule has 2 aromatic rings. The molecule has 0 aliphatic heterocycles. The lowest BCUT2D eigenvalue weighted by Gasteiger charge is -2.08. The number of amides is 1. The SMILES string of the molecule is CNc1ncc(C(=O)NCc2ccc(OC)cc2)cc1Cl. The zero-order valence-electron chi connectivity index (χ0n) is 11.8. The van der Waals surface area contributed by atoms with Crippen LogP contribution >= 0.6 is 11.6 Å². The number of nitrogens with one attached hydrogen (secondary N) is 2. The number of benzene rings is 1. The molecule has 0 aliphatic carbocycles. The zero-order valence-corrected chi connectivity index (χ0v) is 12.6. The first kappa shape index (κ1) is 15.1. The highest BCUT2D eigenvalue weighted by atomic mass is 35.5. The average molecular weight is 306 g/mol. The summed E-state index contributed by atoms with van der Waals surface area (Å²) in [4.78, 5) is 16.1. The van der Waals surface area contributed by atoms with Crippen LogP contribution in [0, 0.1) is 0 Å². The number of halogens is 1. The van der Waals surface area contributed by atoms with Crippen molar-refractivity contribution in [2.45, 2.75) is 6.54 Å². The molecule has 0 atom stereocenters. The summed E-state index contributed by atoms with van der Waals surface area (Å²) >= 11 is 6.01. The second-order valence-electron chi connectivity index (χ2n) is 4.34. The first-order valence-electron chi connectivity index (χ1n) is 6.38. The molecule has 0 aliphatic rings. The summed E-state index contributed by atoms with van der Waals surface area (Å²) < 4.78 is 5.08. The average Bonchev–Trinajstić information content (AvgIpc) is 2.53. The molecule has 6 heteroatoms. The molecule has 0 fully saturated rings. The highest BCUT2D eigenvalue weighted by molar-refractivity contribution is 6.33. The molecule has 2 rings (SSSR count). The molecule has 0 unspecified atom stereocenters. The van der Waals surface area contributed by atoms with Gasteiger partial charge in [0, 0.05) is 19.8 Å². The highest BCUT2D eigenvalue weighted by Gasteiger charge is 2.09. The lowest BCUT2D eigenvalue weighted by Crippen LogP contribution is -2.23. The quantitative estimate of drug-likeness (QED) is 0.891. The first-order valence-corrected chi connectivity index (χ1v) is 6.76. The van der Waals surface area contributed by atoms with Crippen LogP contribution in [0.25, 0.3) is 0 Å². The van der Waals surface area contributed by atoms with Crippen molar-refractivity contribution < 1.29 is 9.53 Å². The third kappa shape index (κ3) is 3.86. The van der Waals surface area contributed by atoms with E-state index in [1.807, 2.05) is 24.3 Å². The molecule has 0 spiro atoms. The summed E-state index contributed by atoms with van der Waals surface area (Å²) in [6.07, 6.45) is 1.49. The van der Waals surface area contributed by atoms with Crippen LogP contribution in [0.5, 0.6) is 5.75 Å². The van der Waals surface area contributed by atoms with E-state index >= 15 is 0 Å². The van der Waals surface area contributed by atoms with E-state index in [9.17, 15) is 4.79 Å². The maximum Gasteiger partial charge on any atom is 0.253 e. The van der Waals surface area contributed by atoms with Gasteiger partial charge in [-0.2, -0.15) is 0 Å². The monoisotopic (exact) mass is 305 g/mol. The first-order chi connectivity index (χ1) is 10.1. The van der Waals surface area contributed by atoms with E-state index in [0.29, 0.717) is 22.9 Å². The Labute approximate surface area is 128 Å². The number of hydrogen-bond acceptors (Lipinski definition) is 4. The summed E-state index contributed by atoms with van der Waals surface area (Å²) in [6.45, 7) is 0.425. The number of pyridine rings is 1. The van der Waals surface area contributed by atoms with E-state index in [0.717, 1.165) is 11.3 Å². The molecule has 0 bridgehead atoms. The summed E-state index contributed by atoms with van der Waals surface area (Å²) in [6, 6.07) is 9.08. The van der Waals surface area contributed by atoms with Gasteiger partial charge in [-0.3, -0.25) is 4.79 Å². The van der Waals surface area contributed by atoms with E-state index in [4.69, 9.17) is 16.3 Å². The summed E-state index contributed by atoms with van der Waals surface area (Å²) in [5, 5.41) is 6.07. The van der Waals surface area contributed by atoms with Crippen molar-refractivity contribution in [3.05, 3.63) is 52.7 Å². The molecule has 1 aromatic heterocycles. The number of hydrogen-bond donors (Lipinski definition) is 2. The lowest BCUT2D eigenvalue weighted by molar-refractivity contribution is 0.0950. The number of carbonyl (C=O) groups is 1. The van der Waals surface area contributed by atoms with Crippen molar-refractivity contribution in [3.8, 4) is 5.75 Å². The van der Waals surface area contributed by atoms with Gasteiger partial charge in [-0.05, 0) is 23.8 Å². The molecule has 0 radical (unpaired) electrons. The number of ether oxygens (including phenoxy) is 1. The summed E-state index contributed by atoms with van der Waals surface area (Å²) in [5.74, 6) is 1.11. The number of carbonyl (C=O) groups excluding carboxylic acids is 1. The predicted octanol–water partition coefficient (Wildman–Crippen LogP) is 2.72. The van der Waals surface area contributed by atoms with Crippen LogP contribution in [0.4, 0.5) is 5.82 Å². The van der Waals surface area contributed by atoms with Crippen molar-refractivity contribution in [2.75, 3.05) is 19.5 Å². The fourth-order valence-electron chi connectivity index (χ4n) is 1.77. The number of anilines is 1. The lowest BCUT2D eigenvalue weighted by atomic mass is 10.2. The van der Waals surface area contributed by atoms with Gasteiger partial charge in [0.2, 0.25) is 0 Å². The molecule has 5 nitrogen and oxygen atoms in total. The van der Waals surface area contributed by atoms with Crippen molar-refractivity contribution in [1.29, 1.82) is 0 Å².